The van der Waals surface area contributed by atoms with Gasteiger partial charge in [-0.05, 0) is 0 Å². The van der Waals surface area contributed by atoms with Crippen molar-refractivity contribution in [3.63, 3.8) is 0 Å². The van der Waals surface area contributed by atoms with Crippen molar-refractivity contribution in [3.8, 4) is 6.07 Å². The van der Waals surface area contributed by atoms with Gasteiger partial charge in [0.2, 0.25) is 6.10 Å². The first kappa shape index (κ1) is 4.13. The summed E-state index contributed by atoms with van der Waals surface area (Å²) in [7, 11) is 0. The summed E-state index contributed by atoms with van der Waals surface area (Å²) >= 11 is 0. The number of hydrogen-bond acceptors (Lipinski definition) is 3. The topological polar surface area (TPSA) is 45.4 Å². The van der Waals surface area contributed by atoms with Crippen molar-refractivity contribution in [2.75, 3.05) is 0 Å². The van der Waals surface area contributed by atoms with Crippen LogP contribution >= 0.6 is 0 Å². The molecule has 0 bridgehead atoms. The van der Waals surface area contributed by atoms with Gasteiger partial charge in [-0.2, -0.15) is 5.26 Å². The van der Waals surface area contributed by atoms with Gasteiger partial charge in [0.05, 0.1) is 12.6 Å². The Balaban J connectivity index is 2.39. The highest BCUT2D eigenvalue weighted by Gasteiger charge is 2.10. The van der Waals surface area contributed by atoms with Crippen LogP contribution in [0.3, 0.4) is 0 Å². The molecular weight excluding hydrogens is 92.1 g/mol. The van der Waals surface area contributed by atoms with E-state index < -0.39 is 6.10 Å². The monoisotopic (exact) mass is 94.0 g/mol. The molecule has 0 aromatic rings. The van der Waals surface area contributed by atoms with E-state index in [0.29, 0.717) is 0 Å². The summed E-state index contributed by atoms with van der Waals surface area (Å²) in [5.74, 6) is 0. The van der Waals surface area contributed by atoms with E-state index >= 15 is 0 Å². The van der Waals surface area contributed by atoms with E-state index in [0.717, 1.165) is 0 Å². The van der Waals surface area contributed by atoms with Crippen LogP contribution in [-0.4, -0.2) is 12.3 Å². The second-order valence-corrected chi connectivity index (χ2v) is 1.02. The molecule has 0 saturated heterocycles. The first-order chi connectivity index (χ1) is 3.43. The molecule has 7 heavy (non-hydrogen) atoms. The first-order valence-electron chi connectivity index (χ1n) is 1.77. The molecule has 2 radical (unpaired) electrons. The predicted molar refractivity (Wildman–Crippen MR) is 22.2 cm³/mol. The SMILES string of the molecule is N#CC1[C]C=NO1. The Bertz CT molecular complexity index is 116. The molecule has 0 fully saturated rings. The molecule has 0 N–H and O–H groups in total. The van der Waals surface area contributed by atoms with Crippen LogP contribution in [0.15, 0.2) is 5.16 Å². The molecule has 1 rings (SSSR count). The molecular formula is C4H2N2O. The second-order valence-electron chi connectivity index (χ2n) is 1.02. The zero-order valence-corrected chi connectivity index (χ0v) is 3.46. The summed E-state index contributed by atoms with van der Waals surface area (Å²) in [6.45, 7) is 0. The van der Waals surface area contributed by atoms with Gasteiger partial charge in [-0.3, -0.25) is 0 Å². The second kappa shape index (κ2) is 1.61. The van der Waals surface area contributed by atoms with Crippen LogP contribution in [0.5, 0.6) is 0 Å². The molecule has 0 aliphatic carbocycles. The van der Waals surface area contributed by atoms with Gasteiger partial charge in [-0.25, -0.2) is 0 Å². The fourth-order valence-corrected chi connectivity index (χ4v) is 0.281. The zero-order chi connectivity index (χ0) is 5.11. The molecule has 0 aromatic heterocycles. The molecule has 1 aliphatic rings. The molecule has 0 aromatic carbocycles. The van der Waals surface area contributed by atoms with Gasteiger partial charge in [-0.1, -0.05) is 5.16 Å². The molecule has 3 heteroatoms. The minimum absolute atomic E-state index is 0.569. The highest BCUT2D eigenvalue weighted by molar-refractivity contribution is 5.70. The van der Waals surface area contributed by atoms with Gasteiger partial charge in [0.1, 0.15) is 6.07 Å². The summed E-state index contributed by atoms with van der Waals surface area (Å²) in [5, 5.41) is 11.3. The Morgan fingerprint density at radius 2 is 2.86 bits per heavy atom. The van der Waals surface area contributed by atoms with E-state index in [1.54, 1.807) is 6.07 Å². The van der Waals surface area contributed by atoms with Crippen molar-refractivity contribution in [1.29, 1.82) is 5.26 Å². The zero-order valence-electron chi connectivity index (χ0n) is 3.46. The molecule has 1 atom stereocenters. The Labute approximate surface area is 41.2 Å². The molecule has 1 aliphatic heterocycles. The maximum Gasteiger partial charge on any atom is 0.225 e. The lowest BCUT2D eigenvalue weighted by atomic mass is 10.3. The lowest BCUT2D eigenvalue weighted by Gasteiger charge is -1.89. The first-order valence-corrected chi connectivity index (χ1v) is 1.77. The number of hydrogen-bond donors (Lipinski definition) is 0. The third kappa shape index (κ3) is 0.686. The van der Waals surface area contributed by atoms with Crippen molar-refractivity contribution < 1.29 is 4.84 Å². The van der Waals surface area contributed by atoms with Crippen LogP contribution in [0.25, 0.3) is 0 Å². The van der Waals surface area contributed by atoms with Crippen molar-refractivity contribution in [1.82, 2.24) is 0 Å². The predicted octanol–water partition coefficient (Wildman–Crippen LogP) is -0.0241. The Kier molecular flexibility index (Phi) is 0.947. The summed E-state index contributed by atoms with van der Waals surface area (Å²) in [4.78, 5) is 4.40. The minimum Gasteiger partial charge on any atom is -0.376 e. The van der Waals surface area contributed by atoms with E-state index in [2.05, 4.69) is 16.4 Å². The lowest BCUT2D eigenvalue weighted by Crippen LogP contribution is -1.99. The molecule has 1 unspecified atom stereocenters. The summed E-state index contributed by atoms with van der Waals surface area (Å²) < 4.78 is 0. The van der Waals surface area contributed by atoms with E-state index in [1.165, 1.54) is 6.21 Å². The van der Waals surface area contributed by atoms with E-state index in [1.807, 2.05) is 0 Å². The number of oxime groups is 1. The van der Waals surface area contributed by atoms with E-state index in [-0.39, 0.29) is 0 Å². The van der Waals surface area contributed by atoms with Gasteiger partial charge in [0.25, 0.3) is 0 Å². The quantitative estimate of drug-likeness (QED) is 0.423. The molecule has 0 saturated carbocycles. The van der Waals surface area contributed by atoms with Crippen LogP contribution in [-0.2, 0) is 4.84 Å². The fraction of sp³-hybridized carbons (Fsp3) is 0.250. The number of rotatable bonds is 0. The average molecular weight is 94.1 g/mol. The molecule has 1 heterocycles. The standard InChI is InChI=1S/C4H2N2O/c5-3-4-1-2-6-7-4/h2,4H. The summed E-state index contributed by atoms with van der Waals surface area (Å²) in [6.07, 6.45) is 3.30. The Hall–Kier alpha value is -1.04. The maximum absolute atomic E-state index is 8.05. The van der Waals surface area contributed by atoms with Gasteiger partial charge in [-0.15, -0.1) is 0 Å². The Morgan fingerprint density at radius 3 is 3.14 bits per heavy atom. The lowest BCUT2D eigenvalue weighted by molar-refractivity contribution is 0.140. The van der Waals surface area contributed by atoms with Crippen molar-refractivity contribution in [3.05, 3.63) is 6.42 Å². The molecule has 0 amide bonds. The van der Waals surface area contributed by atoms with Gasteiger partial charge in [0.15, 0.2) is 0 Å². The van der Waals surface area contributed by atoms with Crippen molar-refractivity contribution in [2.45, 2.75) is 6.10 Å². The smallest absolute Gasteiger partial charge is 0.225 e. The minimum atomic E-state index is -0.569. The maximum atomic E-state index is 8.05. The average Bonchev–Trinajstić information content (AvgIpc) is 2.14. The van der Waals surface area contributed by atoms with Crippen LogP contribution < -0.4 is 0 Å². The number of nitriles is 1. The highest BCUT2D eigenvalue weighted by Crippen LogP contribution is 1.99. The van der Waals surface area contributed by atoms with Crippen molar-refractivity contribution >= 4 is 6.21 Å². The molecule has 34 valence electrons. The summed E-state index contributed by atoms with van der Waals surface area (Å²) in [6, 6.07) is 1.81. The molecule has 3 nitrogen and oxygen atoms in total. The van der Waals surface area contributed by atoms with E-state index in [9.17, 15) is 0 Å². The number of nitrogens with zero attached hydrogens (tertiary/aromatic N) is 2. The highest BCUT2D eigenvalue weighted by atomic mass is 16.6. The third-order valence-electron chi connectivity index (χ3n) is 0.562. The fourth-order valence-electron chi connectivity index (χ4n) is 0.281. The largest absolute Gasteiger partial charge is 0.376 e. The van der Waals surface area contributed by atoms with Crippen LogP contribution in [0, 0.1) is 17.8 Å². The van der Waals surface area contributed by atoms with Crippen LogP contribution in [0.2, 0.25) is 0 Å². The van der Waals surface area contributed by atoms with Crippen LogP contribution in [0.4, 0.5) is 0 Å². The van der Waals surface area contributed by atoms with Gasteiger partial charge >= 0.3 is 0 Å². The normalized spacial score (nSPS) is 26.4. The Morgan fingerprint density at radius 1 is 2.00 bits per heavy atom. The third-order valence-corrected chi connectivity index (χ3v) is 0.562. The van der Waals surface area contributed by atoms with Crippen molar-refractivity contribution in [2.24, 2.45) is 5.16 Å². The van der Waals surface area contributed by atoms with E-state index in [4.69, 9.17) is 5.26 Å². The molecule has 0 spiro atoms. The van der Waals surface area contributed by atoms with Gasteiger partial charge in [0, 0.05) is 0 Å². The summed E-state index contributed by atoms with van der Waals surface area (Å²) in [5.41, 5.74) is 0. The van der Waals surface area contributed by atoms with Crippen LogP contribution in [0.1, 0.15) is 0 Å². The van der Waals surface area contributed by atoms with Gasteiger partial charge < -0.3 is 4.84 Å².